The van der Waals surface area contributed by atoms with Gasteiger partial charge in [-0.1, -0.05) is 30.3 Å². The van der Waals surface area contributed by atoms with Crippen molar-refractivity contribution in [1.29, 1.82) is 0 Å². The van der Waals surface area contributed by atoms with Gasteiger partial charge in [0.15, 0.2) is 0 Å². The summed E-state index contributed by atoms with van der Waals surface area (Å²) < 4.78 is 7.14. The zero-order valence-electron chi connectivity index (χ0n) is 14.9. The van der Waals surface area contributed by atoms with Crippen molar-refractivity contribution in [3.8, 4) is 11.5 Å². The second kappa shape index (κ2) is 7.75. The molecule has 138 valence electrons. The highest BCUT2D eigenvalue weighted by Gasteiger charge is 2.09. The fraction of sp³-hybridized carbons (Fsp3) is 0.0455. The average Bonchev–Trinajstić information content (AvgIpc) is 2.72. The summed E-state index contributed by atoms with van der Waals surface area (Å²) in [6.45, 7) is -0.0931. The molecule has 0 radical (unpaired) electrons. The highest BCUT2D eigenvalue weighted by molar-refractivity contribution is 5.91. The lowest BCUT2D eigenvalue weighted by molar-refractivity contribution is -0.116. The molecule has 4 aromatic rings. The molecule has 0 aliphatic rings. The smallest absolute Gasteiger partial charge is 0.269 e. The van der Waals surface area contributed by atoms with E-state index >= 15 is 0 Å². The Morgan fingerprint density at radius 2 is 1.57 bits per heavy atom. The molecule has 1 aromatic heterocycles. The summed E-state index contributed by atoms with van der Waals surface area (Å²) in [5.41, 5.74) is 1.59. The Balaban J connectivity index is 1.46. The van der Waals surface area contributed by atoms with Gasteiger partial charge in [0, 0.05) is 5.69 Å². The SMILES string of the molecule is O=C(Cn1c(=O)cnc2ccccc21)Nc1ccc(Oc2ccccc2)cc1. The maximum absolute atomic E-state index is 12.4. The van der Waals surface area contributed by atoms with E-state index in [1.807, 2.05) is 42.5 Å². The van der Waals surface area contributed by atoms with Crippen LogP contribution < -0.4 is 15.6 Å². The van der Waals surface area contributed by atoms with Crippen LogP contribution in [0, 0.1) is 0 Å². The van der Waals surface area contributed by atoms with Crippen LogP contribution in [0.2, 0.25) is 0 Å². The van der Waals surface area contributed by atoms with Crippen LogP contribution in [0.15, 0.2) is 89.9 Å². The first kappa shape index (κ1) is 17.5. The summed E-state index contributed by atoms with van der Waals surface area (Å²) in [6.07, 6.45) is 1.23. The average molecular weight is 371 g/mol. The Bertz CT molecular complexity index is 1170. The largest absolute Gasteiger partial charge is 0.457 e. The molecule has 28 heavy (non-hydrogen) atoms. The molecule has 0 spiro atoms. The fourth-order valence-electron chi connectivity index (χ4n) is 2.85. The number of aromatic nitrogens is 2. The molecule has 3 aromatic carbocycles. The molecule has 0 bridgehead atoms. The molecular formula is C22H17N3O3. The molecule has 0 atom stereocenters. The lowest BCUT2D eigenvalue weighted by Crippen LogP contribution is -2.27. The van der Waals surface area contributed by atoms with Crippen molar-refractivity contribution in [2.75, 3.05) is 5.32 Å². The molecule has 0 aliphatic heterocycles. The predicted molar refractivity (Wildman–Crippen MR) is 108 cm³/mol. The van der Waals surface area contributed by atoms with Gasteiger partial charge >= 0.3 is 0 Å². The van der Waals surface area contributed by atoms with E-state index in [1.165, 1.54) is 10.8 Å². The third kappa shape index (κ3) is 3.91. The highest BCUT2D eigenvalue weighted by atomic mass is 16.5. The van der Waals surface area contributed by atoms with Crippen molar-refractivity contribution in [3.63, 3.8) is 0 Å². The van der Waals surface area contributed by atoms with Crippen LogP contribution in [0.3, 0.4) is 0 Å². The van der Waals surface area contributed by atoms with Crippen molar-refractivity contribution < 1.29 is 9.53 Å². The molecule has 6 heteroatoms. The normalized spacial score (nSPS) is 10.6. The minimum Gasteiger partial charge on any atom is -0.457 e. The van der Waals surface area contributed by atoms with Gasteiger partial charge in [0.05, 0.1) is 17.2 Å². The number of anilines is 1. The monoisotopic (exact) mass is 371 g/mol. The van der Waals surface area contributed by atoms with Gasteiger partial charge in [-0.2, -0.15) is 0 Å². The third-order valence-electron chi connectivity index (χ3n) is 4.17. The van der Waals surface area contributed by atoms with Gasteiger partial charge in [0.25, 0.3) is 5.56 Å². The molecule has 0 saturated heterocycles. The topological polar surface area (TPSA) is 73.2 Å². The quantitative estimate of drug-likeness (QED) is 0.579. The number of fused-ring (bicyclic) bond motifs is 1. The van der Waals surface area contributed by atoms with Gasteiger partial charge < -0.3 is 10.1 Å². The van der Waals surface area contributed by atoms with Crippen LogP contribution in [0.1, 0.15) is 0 Å². The summed E-state index contributed by atoms with van der Waals surface area (Å²) in [5.74, 6) is 1.11. The standard InChI is InChI=1S/C22H17N3O3/c26-21(15-25-20-9-5-4-8-19(20)23-14-22(25)27)24-16-10-12-18(13-11-16)28-17-6-2-1-3-7-17/h1-14H,15H2,(H,24,26). The van der Waals surface area contributed by atoms with Crippen molar-refractivity contribution in [2.45, 2.75) is 6.54 Å². The summed E-state index contributed by atoms with van der Waals surface area (Å²) in [5, 5.41) is 2.80. The first-order valence-electron chi connectivity index (χ1n) is 8.76. The summed E-state index contributed by atoms with van der Waals surface area (Å²) in [6, 6.07) is 23.7. The third-order valence-corrected chi connectivity index (χ3v) is 4.17. The van der Waals surface area contributed by atoms with Gasteiger partial charge in [-0.25, -0.2) is 4.98 Å². The minimum absolute atomic E-state index is 0.0931. The van der Waals surface area contributed by atoms with Crippen molar-refractivity contribution >= 4 is 22.6 Å². The molecule has 1 heterocycles. The van der Waals surface area contributed by atoms with Gasteiger partial charge in [-0.05, 0) is 48.5 Å². The first-order valence-corrected chi connectivity index (χ1v) is 8.76. The number of rotatable bonds is 5. The molecular weight excluding hydrogens is 354 g/mol. The second-order valence-electron chi connectivity index (χ2n) is 6.16. The van der Waals surface area contributed by atoms with Gasteiger partial charge in [0.1, 0.15) is 18.0 Å². The molecule has 0 unspecified atom stereocenters. The second-order valence-corrected chi connectivity index (χ2v) is 6.16. The van der Waals surface area contributed by atoms with Crippen LogP contribution in [0.25, 0.3) is 11.0 Å². The molecule has 0 fully saturated rings. The van der Waals surface area contributed by atoms with E-state index in [0.717, 1.165) is 5.75 Å². The van der Waals surface area contributed by atoms with Crippen molar-refractivity contribution in [2.24, 2.45) is 0 Å². The fourth-order valence-corrected chi connectivity index (χ4v) is 2.85. The highest BCUT2D eigenvalue weighted by Crippen LogP contribution is 2.22. The Kier molecular flexibility index (Phi) is 4.84. The molecule has 1 amide bonds. The van der Waals surface area contributed by atoms with Crippen molar-refractivity contribution in [3.05, 3.63) is 95.4 Å². The predicted octanol–water partition coefficient (Wildman–Crippen LogP) is 3.83. The van der Waals surface area contributed by atoms with Gasteiger partial charge in [0.2, 0.25) is 5.91 Å². The number of ether oxygens (including phenoxy) is 1. The Morgan fingerprint density at radius 3 is 2.36 bits per heavy atom. The first-order chi connectivity index (χ1) is 13.7. The van der Waals surface area contributed by atoms with Crippen molar-refractivity contribution in [1.82, 2.24) is 9.55 Å². The van der Waals surface area contributed by atoms with Crippen LogP contribution in [0.5, 0.6) is 11.5 Å². The molecule has 0 saturated carbocycles. The Labute approximate surface area is 161 Å². The summed E-state index contributed by atoms with van der Waals surface area (Å²) >= 11 is 0. The maximum atomic E-state index is 12.4. The number of amides is 1. The van der Waals surface area contributed by atoms with Crippen LogP contribution >= 0.6 is 0 Å². The number of para-hydroxylation sites is 3. The number of nitrogens with zero attached hydrogens (tertiary/aromatic N) is 2. The molecule has 0 aliphatic carbocycles. The number of nitrogens with one attached hydrogen (secondary N) is 1. The minimum atomic E-state index is -0.319. The van der Waals surface area contributed by atoms with E-state index in [9.17, 15) is 9.59 Å². The summed E-state index contributed by atoms with van der Waals surface area (Å²) in [4.78, 5) is 28.7. The molecule has 1 N–H and O–H groups in total. The maximum Gasteiger partial charge on any atom is 0.269 e. The Morgan fingerprint density at radius 1 is 0.893 bits per heavy atom. The lowest BCUT2D eigenvalue weighted by Gasteiger charge is -2.11. The molecule has 4 rings (SSSR count). The van der Waals surface area contributed by atoms with E-state index in [4.69, 9.17) is 4.74 Å². The number of hydrogen-bond donors (Lipinski definition) is 1. The van der Waals surface area contributed by atoms with E-state index in [2.05, 4.69) is 10.3 Å². The number of carbonyl (C=O) groups is 1. The van der Waals surface area contributed by atoms with Gasteiger partial charge in [-0.3, -0.25) is 14.2 Å². The zero-order valence-corrected chi connectivity index (χ0v) is 14.9. The molecule has 6 nitrogen and oxygen atoms in total. The number of benzene rings is 3. The van der Waals surface area contributed by atoms with E-state index in [1.54, 1.807) is 36.4 Å². The van der Waals surface area contributed by atoms with E-state index in [-0.39, 0.29) is 18.0 Å². The van der Waals surface area contributed by atoms with Crippen LogP contribution in [0.4, 0.5) is 5.69 Å². The number of carbonyl (C=O) groups excluding carboxylic acids is 1. The Hall–Kier alpha value is -3.93. The van der Waals surface area contributed by atoms with E-state index < -0.39 is 0 Å². The van der Waals surface area contributed by atoms with E-state index in [0.29, 0.717) is 22.5 Å². The lowest BCUT2D eigenvalue weighted by atomic mass is 10.3. The van der Waals surface area contributed by atoms with Crippen LogP contribution in [-0.2, 0) is 11.3 Å². The number of hydrogen-bond acceptors (Lipinski definition) is 4. The van der Waals surface area contributed by atoms with Crippen LogP contribution in [-0.4, -0.2) is 15.5 Å². The zero-order chi connectivity index (χ0) is 19.3. The van der Waals surface area contributed by atoms with Gasteiger partial charge in [-0.15, -0.1) is 0 Å². The summed E-state index contributed by atoms with van der Waals surface area (Å²) in [7, 11) is 0.